The van der Waals surface area contributed by atoms with Crippen LogP contribution in [-0.2, 0) is 6.18 Å². The molecule has 0 aliphatic rings. The molecule has 0 atom stereocenters. The molecule has 0 saturated carbocycles. The Balaban J connectivity index is 3.77. The second-order valence-corrected chi connectivity index (χ2v) is 9.99. The molecule has 12 heteroatoms. The summed E-state index contributed by atoms with van der Waals surface area (Å²) in [5.74, 6) is -10.1. The first-order valence-corrected chi connectivity index (χ1v) is 8.46. The van der Waals surface area contributed by atoms with Gasteiger partial charge in [-0.2, -0.15) is 13.2 Å². The zero-order valence-corrected chi connectivity index (χ0v) is 11.3. The van der Waals surface area contributed by atoms with Crippen LogP contribution >= 0.6 is 38.8 Å². The van der Waals surface area contributed by atoms with E-state index in [1.807, 2.05) is 0 Å². The Morgan fingerprint density at radius 1 is 0.789 bits per heavy atom. The van der Waals surface area contributed by atoms with Crippen LogP contribution in [0.5, 0.6) is 0 Å². The van der Waals surface area contributed by atoms with Gasteiger partial charge in [0.05, 0.1) is 0 Å². The quantitative estimate of drug-likeness (QED) is 0.303. The lowest BCUT2D eigenvalue weighted by Crippen LogP contribution is -2.14. The van der Waals surface area contributed by atoms with E-state index in [1.54, 1.807) is 0 Å². The van der Waals surface area contributed by atoms with Gasteiger partial charge in [-0.3, -0.25) is 0 Å². The number of hydrogen-bond acceptors (Lipinski definition) is 1. The molecule has 0 fully saturated rings. The van der Waals surface area contributed by atoms with Crippen LogP contribution < -0.4 is 0 Å². The van der Waals surface area contributed by atoms with Crippen LogP contribution in [0.15, 0.2) is 4.74 Å². The second kappa shape index (κ2) is 5.31. The van der Waals surface area contributed by atoms with Gasteiger partial charge in [0.15, 0.2) is 23.3 Å². The molecule has 108 valence electrons. The highest BCUT2D eigenvalue weighted by molar-refractivity contribution is 8.26. The summed E-state index contributed by atoms with van der Waals surface area (Å²) in [6.45, 7) is 0. The lowest BCUT2D eigenvalue weighted by atomic mass is 10.1. The predicted molar refractivity (Wildman–Crippen MR) is 57.8 cm³/mol. The SMILES string of the molecule is Fc1c(F)c(C(F)(F)F)c(F)c(F)c1N=P(Cl)(Cl)Cl. The van der Waals surface area contributed by atoms with Crippen LogP contribution in [0.2, 0.25) is 0 Å². The molecule has 1 rings (SSSR count). The lowest BCUT2D eigenvalue weighted by Gasteiger charge is -2.12. The maximum Gasteiger partial charge on any atom is 0.422 e. The average molecular weight is 368 g/mol. The fourth-order valence-corrected chi connectivity index (χ4v) is 2.15. The van der Waals surface area contributed by atoms with E-state index < -0.39 is 45.8 Å². The van der Waals surface area contributed by atoms with E-state index in [-0.39, 0.29) is 0 Å². The Kier molecular flexibility index (Phi) is 4.72. The maximum absolute atomic E-state index is 13.2. The van der Waals surface area contributed by atoms with Gasteiger partial charge in [-0.15, -0.1) is 0 Å². The molecule has 0 N–H and O–H groups in total. The maximum atomic E-state index is 13.2. The third-order valence-corrected chi connectivity index (χ3v) is 2.84. The van der Waals surface area contributed by atoms with Gasteiger partial charge in [-0.25, -0.2) is 22.3 Å². The summed E-state index contributed by atoms with van der Waals surface area (Å²) < 4.78 is 92.1. The van der Waals surface area contributed by atoms with Crippen LogP contribution in [0.4, 0.5) is 36.4 Å². The van der Waals surface area contributed by atoms with Crippen LogP contribution in [0.25, 0.3) is 0 Å². The van der Waals surface area contributed by atoms with Crippen molar-refractivity contribution >= 4 is 44.5 Å². The summed E-state index contributed by atoms with van der Waals surface area (Å²) in [4.78, 5) is 0. The number of halogens is 10. The van der Waals surface area contributed by atoms with Gasteiger partial charge in [0.1, 0.15) is 11.3 Å². The molecule has 1 aromatic carbocycles. The molecule has 0 aliphatic carbocycles. The summed E-state index contributed by atoms with van der Waals surface area (Å²) in [5.41, 5.74) is -4.46. The highest BCUT2D eigenvalue weighted by atomic mass is 36.0. The summed E-state index contributed by atoms with van der Waals surface area (Å²) in [6, 6.07) is 0. The smallest absolute Gasteiger partial charge is 0.217 e. The minimum Gasteiger partial charge on any atom is -0.217 e. The molecule has 19 heavy (non-hydrogen) atoms. The van der Waals surface area contributed by atoms with Crippen molar-refractivity contribution in [1.82, 2.24) is 0 Å². The van der Waals surface area contributed by atoms with Crippen molar-refractivity contribution in [3.63, 3.8) is 0 Å². The van der Waals surface area contributed by atoms with E-state index in [0.717, 1.165) is 0 Å². The molecule has 0 aromatic heterocycles. The van der Waals surface area contributed by atoms with Gasteiger partial charge in [-0.1, -0.05) is 0 Å². The van der Waals surface area contributed by atoms with E-state index in [4.69, 9.17) is 33.7 Å². The minimum absolute atomic E-state index is 1.74. The molecular weight excluding hydrogens is 368 g/mol. The van der Waals surface area contributed by atoms with Gasteiger partial charge in [0.2, 0.25) is 5.11 Å². The molecule has 0 saturated heterocycles. The number of benzene rings is 1. The monoisotopic (exact) mass is 367 g/mol. The molecular formula is C7Cl3F7NP. The summed E-state index contributed by atoms with van der Waals surface area (Å²) >= 11 is 15.4. The zero-order valence-electron chi connectivity index (χ0n) is 8.17. The molecule has 1 aromatic rings. The van der Waals surface area contributed by atoms with E-state index in [9.17, 15) is 30.7 Å². The Labute approximate surface area is 115 Å². The molecule has 0 unspecified atom stereocenters. The van der Waals surface area contributed by atoms with Gasteiger partial charge >= 0.3 is 6.18 Å². The first-order valence-electron chi connectivity index (χ1n) is 4.00. The summed E-state index contributed by atoms with van der Waals surface area (Å²) in [7, 11) is 0. The molecule has 0 amide bonds. The van der Waals surface area contributed by atoms with Crippen LogP contribution in [0, 0.1) is 23.3 Å². The third-order valence-electron chi connectivity index (χ3n) is 1.74. The van der Waals surface area contributed by atoms with Crippen molar-refractivity contribution in [1.29, 1.82) is 0 Å². The van der Waals surface area contributed by atoms with Gasteiger partial charge in [0, 0.05) is 0 Å². The molecule has 0 radical (unpaired) electrons. The zero-order chi connectivity index (χ0) is 15.2. The Morgan fingerprint density at radius 2 is 1.16 bits per heavy atom. The number of rotatable bonds is 1. The fraction of sp³-hybridized carbons (Fsp3) is 0.143. The van der Waals surface area contributed by atoms with Gasteiger partial charge < -0.3 is 0 Å². The van der Waals surface area contributed by atoms with Crippen molar-refractivity contribution in [2.45, 2.75) is 6.18 Å². The summed E-state index contributed by atoms with van der Waals surface area (Å²) in [6.07, 6.45) is -5.64. The van der Waals surface area contributed by atoms with E-state index in [0.29, 0.717) is 0 Å². The molecule has 0 heterocycles. The van der Waals surface area contributed by atoms with Crippen LogP contribution in [-0.4, -0.2) is 0 Å². The van der Waals surface area contributed by atoms with Crippen molar-refractivity contribution in [2.75, 3.05) is 0 Å². The van der Waals surface area contributed by atoms with Gasteiger partial charge in [0.25, 0.3) is 0 Å². The molecule has 1 nitrogen and oxygen atoms in total. The third kappa shape index (κ3) is 3.68. The van der Waals surface area contributed by atoms with Gasteiger partial charge in [-0.05, 0) is 33.7 Å². The average Bonchev–Trinajstić information content (AvgIpc) is 2.18. The highest BCUT2D eigenvalue weighted by Gasteiger charge is 2.42. The topological polar surface area (TPSA) is 12.4 Å². The standard InChI is InChI=1S/C7Cl3F7NP/c8-19(9,10)18-6-4(13)2(11)1(7(15,16)17)3(12)5(6)14. The molecule has 0 aliphatic heterocycles. The van der Waals surface area contributed by atoms with Crippen LogP contribution in [0.3, 0.4) is 0 Å². The molecule has 0 bridgehead atoms. The Morgan fingerprint density at radius 3 is 1.42 bits per heavy atom. The first kappa shape index (κ1) is 16.9. The van der Waals surface area contributed by atoms with Crippen molar-refractivity contribution in [2.24, 2.45) is 4.74 Å². The van der Waals surface area contributed by atoms with Crippen molar-refractivity contribution in [3.8, 4) is 0 Å². The Bertz CT molecular complexity index is 542. The van der Waals surface area contributed by atoms with E-state index in [1.165, 1.54) is 0 Å². The van der Waals surface area contributed by atoms with Crippen molar-refractivity contribution in [3.05, 3.63) is 28.8 Å². The largest absolute Gasteiger partial charge is 0.422 e. The minimum atomic E-state index is -5.64. The number of hydrogen-bond donors (Lipinski definition) is 0. The number of alkyl halides is 3. The van der Waals surface area contributed by atoms with Crippen LogP contribution in [0.1, 0.15) is 5.56 Å². The highest BCUT2D eigenvalue weighted by Crippen LogP contribution is 2.67. The lowest BCUT2D eigenvalue weighted by molar-refractivity contribution is -0.143. The fourth-order valence-electron chi connectivity index (χ4n) is 1.07. The molecule has 0 spiro atoms. The van der Waals surface area contributed by atoms with E-state index >= 15 is 0 Å². The normalized spacial score (nSPS) is 12.7. The first-order chi connectivity index (χ1) is 8.36. The second-order valence-electron chi connectivity index (χ2n) is 3.00. The van der Waals surface area contributed by atoms with Crippen molar-refractivity contribution < 1.29 is 30.7 Å². The van der Waals surface area contributed by atoms with E-state index in [2.05, 4.69) is 4.74 Å². The number of nitrogens with zero attached hydrogens (tertiary/aromatic N) is 1. The predicted octanol–water partition coefficient (Wildman–Crippen LogP) is 6.56. The summed E-state index contributed by atoms with van der Waals surface area (Å²) in [5, 5.41) is -3.84. The Hall–Kier alpha value is -0.170.